The first-order valence-corrected chi connectivity index (χ1v) is 9.34. The molecule has 1 spiro atoms. The fourth-order valence-electron chi connectivity index (χ4n) is 4.40. The predicted octanol–water partition coefficient (Wildman–Crippen LogP) is 4.04. The lowest BCUT2D eigenvalue weighted by Gasteiger charge is -2.45. The first-order valence-electron chi connectivity index (χ1n) is 8.12. The number of thiocarbonyl (C=S) groups is 1. The third kappa shape index (κ3) is 2.73. The minimum atomic E-state index is -0.143. The van der Waals surface area contributed by atoms with E-state index in [1.165, 1.54) is 11.1 Å². The van der Waals surface area contributed by atoms with Crippen molar-refractivity contribution in [3.8, 4) is 0 Å². The molecule has 6 heteroatoms. The van der Waals surface area contributed by atoms with Crippen LogP contribution in [0.2, 0.25) is 0 Å². The Bertz CT molecular complexity index is 736. The van der Waals surface area contributed by atoms with Crippen LogP contribution in [0.4, 0.5) is 5.13 Å². The van der Waals surface area contributed by atoms with Gasteiger partial charge in [-0.05, 0) is 54.9 Å². The summed E-state index contributed by atoms with van der Waals surface area (Å²) >= 11 is 7.28. The molecular weight excluding hydrogens is 324 g/mol. The Hall–Kier alpha value is -1.24. The number of nitrogens with zero attached hydrogens (tertiary/aromatic N) is 2. The van der Waals surface area contributed by atoms with Crippen molar-refractivity contribution in [1.82, 2.24) is 15.7 Å². The lowest BCUT2D eigenvalue weighted by atomic mass is 9.68. The monoisotopic (exact) mass is 346 g/mol. The van der Waals surface area contributed by atoms with E-state index in [4.69, 9.17) is 17.2 Å². The second kappa shape index (κ2) is 5.13. The average Bonchev–Trinajstić information content (AvgIpc) is 2.97. The summed E-state index contributed by atoms with van der Waals surface area (Å²) in [6.45, 7) is 7.02. The summed E-state index contributed by atoms with van der Waals surface area (Å²) in [5, 5.41) is 7.17. The number of hydrogen-bond donors (Lipinski definition) is 2. The number of thiazole rings is 1. The van der Waals surface area contributed by atoms with Gasteiger partial charge in [-0.25, -0.2) is 15.4 Å². The molecule has 1 aromatic heterocycles. The van der Waals surface area contributed by atoms with E-state index in [0.717, 1.165) is 28.6 Å². The first kappa shape index (κ1) is 15.3. The number of aromatic nitrogens is 1. The molecule has 1 saturated heterocycles. The number of hydrogen-bond acceptors (Lipinski definition) is 4. The van der Waals surface area contributed by atoms with E-state index in [1.807, 2.05) is 23.2 Å². The highest BCUT2D eigenvalue weighted by molar-refractivity contribution is 7.80. The molecular formula is C17H22N4S2. The van der Waals surface area contributed by atoms with Crippen LogP contribution >= 0.6 is 23.6 Å². The summed E-state index contributed by atoms with van der Waals surface area (Å²) in [4.78, 5) is 4.73. The van der Waals surface area contributed by atoms with E-state index in [-0.39, 0.29) is 5.66 Å². The van der Waals surface area contributed by atoms with Crippen molar-refractivity contribution in [2.75, 3.05) is 5.01 Å². The normalized spacial score (nSPS) is 30.1. The van der Waals surface area contributed by atoms with E-state index in [0.29, 0.717) is 11.3 Å². The van der Waals surface area contributed by atoms with E-state index in [9.17, 15) is 0 Å². The van der Waals surface area contributed by atoms with Crippen molar-refractivity contribution >= 4 is 44.0 Å². The molecule has 4 rings (SSSR count). The minimum Gasteiger partial charge on any atom is -0.342 e. The molecule has 1 aromatic carbocycles. The Labute approximate surface area is 146 Å². The maximum Gasteiger partial charge on any atom is 0.207 e. The number of fused-ring (bicyclic) bond motifs is 1. The highest BCUT2D eigenvalue weighted by atomic mass is 32.1. The van der Waals surface area contributed by atoms with Gasteiger partial charge in [0, 0.05) is 0 Å². The van der Waals surface area contributed by atoms with Crippen LogP contribution in [0.3, 0.4) is 0 Å². The second-order valence-electron chi connectivity index (χ2n) is 7.78. The Balaban J connectivity index is 1.65. The zero-order chi connectivity index (χ0) is 16.2. The molecule has 122 valence electrons. The number of hydrazine groups is 1. The van der Waals surface area contributed by atoms with Crippen LogP contribution in [0.25, 0.3) is 10.2 Å². The summed E-state index contributed by atoms with van der Waals surface area (Å²) in [7, 11) is 0. The van der Waals surface area contributed by atoms with Crippen molar-refractivity contribution < 1.29 is 0 Å². The Morgan fingerprint density at radius 3 is 2.83 bits per heavy atom. The number of anilines is 1. The lowest BCUT2D eigenvalue weighted by molar-refractivity contribution is 0.0828. The van der Waals surface area contributed by atoms with Crippen LogP contribution in [0.5, 0.6) is 0 Å². The number of nitrogens with one attached hydrogen (secondary N) is 2. The molecule has 4 nitrogen and oxygen atoms in total. The number of rotatable bonds is 1. The summed E-state index contributed by atoms with van der Waals surface area (Å²) < 4.78 is 1.19. The first-order chi connectivity index (χ1) is 10.9. The van der Waals surface area contributed by atoms with Crippen LogP contribution in [-0.4, -0.2) is 15.8 Å². The van der Waals surface area contributed by atoms with Gasteiger partial charge in [-0.1, -0.05) is 44.2 Å². The van der Waals surface area contributed by atoms with Gasteiger partial charge in [0.05, 0.1) is 10.2 Å². The highest BCUT2D eigenvalue weighted by Gasteiger charge is 2.49. The molecule has 0 radical (unpaired) electrons. The molecule has 2 fully saturated rings. The van der Waals surface area contributed by atoms with Gasteiger partial charge in [-0.3, -0.25) is 0 Å². The molecule has 1 saturated carbocycles. The summed E-state index contributed by atoms with van der Waals surface area (Å²) in [6, 6.07) is 8.21. The molecule has 1 aliphatic heterocycles. The van der Waals surface area contributed by atoms with E-state index < -0.39 is 0 Å². The van der Waals surface area contributed by atoms with Crippen molar-refractivity contribution in [3.63, 3.8) is 0 Å². The quantitative estimate of drug-likeness (QED) is 0.763. The molecule has 1 aliphatic carbocycles. The van der Waals surface area contributed by atoms with Crippen LogP contribution in [0.15, 0.2) is 24.3 Å². The van der Waals surface area contributed by atoms with Gasteiger partial charge in [-0.15, -0.1) is 0 Å². The van der Waals surface area contributed by atoms with E-state index in [2.05, 4.69) is 37.6 Å². The summed E-state index contributed by atoms with van der Waals surface area (Å²) in [5.41, 5.74) is 4.83. The van der Waals surface area contributed by atoms with Crippen LogP contribution in [-0.2, 0) is 0 Å². The van der Waals surface area contributed by atoms with Gasteiger partial charge in [0.25, 0.3) is 0 Å². The fraction of sp³-hybridized carbons (Fsp3) is 0.529. The molecule has 2 aliphatic rings. The fourth-order valence-corrected chi connectivity index (χ4v) is 5.71. The lowest BCUT2D eigenvalue weighted by Crippen LogP contribution is -2.57. The van der Waals surface area contributed by atoms with Crippen molar-refractivity contribution in [3.05, 3.63) is 24.3 Å². The van der Waals surface area contributed by atoms with Gasteiger partial charge in [0.1, 0.15) is 5.66 Å². The molecule has 23 heavy (non-hydrogen) atoms. The molecule has 0 unspecified atom stereocenters. The molecule has 0 amide bonds. The Morgan fingerprint density at radius 1 is 1.30 bits per heavy atom. The molecule has 2 aromatic rings. The maximum atomic E-state index is 5.61. The molecule has 2 heterocycles. The van der Waals surface area contributed by atoms with Crippen molar-refractivity contribution in [1.29, 1.82) is 0 Å². The van der Waals surface area contributed by atoms with Gasteiger partial charge >= 0.3 is 0 Å². The number of para-hydroxylation sites is 1. The van der Waals surface area contributed by atoms with E-state index in [1.54, 1.807) is 11.3 Å². The average molecular weight is 347 g/mol. The third-order valence-electron chi connectivity index (χ3n) is 4.73. The van der Waals surface area contributed by atoms with Crippen LogP contribution < -0.4 is 15.8 Å². The van der Waals surface area contributed by atoms with Gasteiger partial charge < -0.3 is 5.32 Å². The smallest absolute Gasteiger partial charge is 0.207 e. The topological polar surface area (TPSA) is 40.2 Å². The van der Waals surface area contributed by atoms with Crippen molar-refractivity contribution in [2.45, 2.75) is 45.7 Å². The van der Waals surface area contributed by atoms with Crippen molar-refractivity contribution in [2.24, 2.45) is 11.3 Å². The van der Waals surface area contributed by atoms with E-state index >= 15 is 0 Å². The summed E-state index contributed by atoms with van der Waals surface area (Å²) in [6.07, 6.45) is 3.40. The standard InChI is InChI=1S/C17H22N4S2/c1-11-8-16(2,3)10-17(9-11)19-14(22)21(20-17)15-18-12-6-4-5-7-13(12)23-15/h4-7,11,20H,8-10H2,1-3H3,(H,19,22)/t11-,17-/m1/s1. The van der Waals surface area contributed by atoms with Gasteiger partial charge in [-0.2, -0.15) is 0 Å². The Morgan fingerprint density at radius 2 is 2.09 bits per heavy atom. The number of benzene rings is 1. The highest BCUT2D eigenvalue weighted by Crippen LogP contribution is 2.44. The summed E-state index contributed by atoms with van der Waals surface area (Å²) in [5.74, 6) is 0.664. The minimum absolute atomic E-state index is 0.143. The van der Waals surface area contributed by atoms with Gasteiger partial charge in [0.2, 0.25) is 5.13 Å². The van der Waals surface area contributed by atoms with Crippen LogP contribution in [0, 0.1) is 11.3 Å². The largest absolute Gasteiger partial charge is 0.342 e. The predicted molar refractivity (Wildman–Crippen MR) is 100 cm³/mol. The second-order valence-corrected chi connectivity index (χ2v) is 9.17. The molecule has 0 bridgehead atoms. The molecule has 2 N–H and O–H groups in total. The zero-order valence-electron chi connectivity index (χ0n) is 13.7. The molecule has 2 atom stereocenters. The van der Waals surface area contributed by atoms with Crippen LogP contribution in [0.1, 0.15) is 40.0 Å². The maximum absolute atomic E-state index is 5.61. The third-order valence-corrected chi connectivity index (χ3v) is 6.03. The van der Waals surface area contributed by atoms with Gasteiger partial charge in [0.15, 0.2) is 5.11 Å². The SMILES string of the molecule is C[C@@H]1CC(C)(C)C[C@]2(C1)NC(=S)N(c1nc3ccccc3s1)N2. The Kier molecular flexibility index (Phi) is 3.41. The zero-order valence-corrected chi connectivity index (χ0v) is 15.4.